The predicted octanol–water partition coefficient (Wildman–Crippen LogP) is 1.67. The van der Waals surface area contributed by atoms with Crippen LogP contribution in [0.5, 0.6) is 0 Å². The van der Waals surface area contributed by atoms with Gasteiger partial charge in [-0.25, -0.2) is 0 Å². The summed E-state index contributed by atoms with van der Waals surface area (Å²) in [7, 11) is 0. The summed E-state index contributed by atoms with van der Waals surface area (Å²) in [6.07, 6.45) is 1.38. The maximum Gasteiger partial charge on any atom is 0.151 e. The van der Waals surface area contributed by atoms with Gasteiger partial charge >= 0.3 is 0 Å². The number of rotatable bonds is 3. The smallest absolute Gasteiger partial charge is 0.151 e. The van der Waals surface area contributed by atoms with Crippen molar-refractivity contribution in [2.24, 2.45) is 0 Å². The molecule has 0 aromatic heterocycles. The van der Waals surface area contributed by atoms with E-state index in [9.17, 15) is 9.59 Å². The summed E-state index contributed by atoms with van der Waals surface area (Å²) in [4.78, 5) is 21.2. The Labute approximate surface area is 82.0 Å². The Hall–Kier alpha value is -1.95. The zero-order chi connectivity index (χ0) is 10.6. The third-order valence-electron chi connectivity index (χ3n) is 2.06. The van der Waals surface area contributed by atoms with Gasteiger partial charge < -0.3 is 4.79 Å². The number of nitrogens with zero attached hydrogens (tertiary/aromatic N) is 1. The molecule has 0 bridgehead atoms. The van der Waals surface area contributed by atoms with Crippen LogP contribution in [0.1, 0.15) is 34.3 Å². The molecule has 0 aliphatic rings. The fourth-order valence-corrected chi connectivity index (χ4v) is 1.27. The number of nitriles is 1. The Morgan fingerprint density at radius 2 is 2.14 bits per heavy atom. The highest BCUT2D eigenvalue weighted by atomic mass is 16.1. The quantitative estimate of drug-likeness (QED) is 0.676. The molecule has 0 saturated heterocycles. The number of hydrogen-bond donors (Lipinski definition) is 0. The Morgan fingerprint density at radius 1 is 1.43 bits per heavy atom. The lowest BCUT2D eigenvalue weighted by Crippen LogP contribution is -2.01. The van der Waals surface area contributed by atoms with Crippen LogP contribution in [0.2, 0.25) is 0 Å². The molecule has 1 unspecified atom stereocenters. The molecule has 0 aliphatic carbocycles. The molecule has 14 heavy (non-hydrogen) atoms. The van der Waals surface area contributed by atoms with Crippen molar-refractivity contribution in [3.8, 4) is 6.07 Å². The van der Waals surface area contributed by atoms with E-state index < -0.39 is 0 Å². The first-order chi connectivity index (χ1) is 6.74. The second kappa shape index (κ2) is 4.33. The first-order valence-electron chi connectivity index (χ1n) is 4.18. The molecule has 70 valence electrons. The van der Waals surface area contributed by atoms with E-state index in [0.29, 0.717) is 23.0 Å². The molecule has 0 fully saturated rings. The van der Waals surface area contributed by atoms with E-state index in [-0.39, 0.29) is 5.92 Å². The number of benzene rings is 1. The molecule has 3 nitrogen and oxygen atoms in total. The lowest BCUT2D eigenvalue weighted by Gasteiger charge is -2.07. The van der Waals surface area contributed by atoms with Crippen molar-refractivity contribution in [1.29, 1.82) is 5.26 Å². The molecule has 0 amide bonds. The Bertz CT molecular complexity index is 404. The summed E-state index contributed by atoms with van der Waals surface area (Å²) in [6.45, 7) is 1.69. The molecular weight excluding hydrogens is 178 g/mol. The van der Waals surface area contributed by atoms with Crippen LogP contribution in [-0.2, 0) is 4.79 Å². The molecule has 0 N–H and O–H groups in total. The lowest BCUT2D eigenvalue weighted by atomic mass is 9.94. The van der Waals surface area contributed by atoms with E-state index in [2.05, 4.69) is 0 Å². The van der Waals surface area contributed by atoms with Gasteiger partial charge in [-0.1, -0.05) is 25.1 Å². The minimum absolute atomic E-state index is 0.294. The normalized spacial score (nSPS) is 11.4. The van der Waals surface area contributed by atoms with E-state index >= 15 is 0 Å². The van der Waals surface area contributed by atoms with Crippen LogP contribution in [0.15, 0.2) is 18.2 Å². The minimum atomic E-state index is -0.357. The zero-order valence-corrected chi connectivity index (χ0v) is 7.73. The summed E-state index contributed by atoms with van der Waals surface area (Å²) in [5.74, 6) is -0.357. The highest BCUT2D eigenvalue weighted by molar-refractivity contribution is 5.81. The summed E-state index contributed by atoms with van der Waals surface area (Å²) in [6, 6.07) is 6.85. The van der Waals surface area contributed by atoms with Crippen molar-refractivity contribution >= 4 is 12.6 Å². The molecule has 1 aromatic carbocycles. The van der Waals surface area contributed by atoms with Crippen LogP contribution >= 0.6 is 0 Å². The van der Waals surface area contributed by atoms with Gasteiger partial charge in [0.15, 0.2) is 6.29 Å². The summed E-state index contributed by atoms with van der Waals surface area (Å²) >= 11 is 0. The molecule has 1 rings (SSSR count). The fraction of sp³-hybridized carbons (Fsp3) is 0.182. The third kappa shape index (κ3) is 1.69. The van der Waals surface area contributed by atoms with Crippen molar-refractivity contribution in [2.45, 2.75) is 12.8 Å². The van der Waals surface area contributed by atoms with Gasteiger partial charge in [-0.15, -0.1) is 0 Å². The van der Waals surface area contributed by atoms with Crippen molar-refractivity contribution in [3.63, 3.8) is 0 Å². The third-order valence-corrected chi connectivity index (χ3v) is 2.06. The topological polar surface area (TPSA) is 57.9 Å². The van der Waals surface area contributed by atoms with E-state index in [1.54, 1.807) is 25.1 Å². The van der Waals surface area contributed by atoms with Gasteiger partial charge in [-0.05, 0) is 5.56 Å². The molecule has 1 atom stereocenters. The van der Waals surface area contributed by atoms with Gasteiger partial charge in [-0.2, -0.15) is 5.26 Å². The summed E-state index contributed by atoms with van der Waals surface area (Å²) < 4.78 is 0. The zero-order valence-electron chi connectivity index (χ0n) is 7.73. The van der Waals surface area contributed by atoms with Crippen LogP contribution in [-0.4, -0.2) is 12.6 Å². The molecule has 0 heterocycles. The summed E-state index contributed by atoms with van der Waals surface area (Å²) in [5, 5.41) is 8.85. The summed E-state index contributed by atoms with van der Waals surface area (Å²) in [5.41, 5.74) is 1.23. The average Bonchev–Trinajstić information content (AvgIpc) is 2.26. The van der Waals surface area contributed by atoms with Gasteiger partial charge in [-0.3, -0.25) is 4.79 Å². The molecule has 0 aliphatic heterocycles. The van der Waals surface area contributed by atoms with Gasteiger partial charge in [0.25, 0.3) is 0 Å². The molecule has 0 saturated carbocycles. The van der Waals surface area contributed by atoms with Crippen LogP contribution in [0.3, 0.4) is 0 Å². The monoisotopic (exact) mass is 187 g/mol. The van der Waals surface area contributed by atoms with Gasteiger partial charge in [0.2, 0.25) is 0 Å². The van der Waals surface area contributed by atoms with Crippen LogP contribution in [0.25, 0.3) is 0 Å². The van der Waals surface area contributed by atoms with Crippen molar-refractivity contribution in [2.75, 3.05) is 0 Å². The number of aldehydes is 2. The Balaban J connectivity index is 3.37. The number of carbonyl (C=O) groups is 2. The van der Waals surface area contributed by atoms with Gasteiger partial charge in [0.05, 0.1) is 5.56 Å². The highest BCUT2D eigenvalue weighted by Gasteiger charge is 2.12. The lowest BCUT2D eigenvalue weighted by molar-refractivity contribution is -0.108. The molecular formula is C11H9NO2. The minimum Gasteiger partial charge on any atom is -0.303 e. The number of hydrogen-bond acceptors (Lipinski definition) is 3. The standard InChI is InChI=1S/C11H9NO2/c1-8(6-13)10-4-2-3-9(7-14)11(10)5-12/h2-4,6-8H,1H3. The Morgan fingerprint density at radius 3 is 2.64 bits per heavy atom. The van der Waals surface area contributed by atoms with Crippen LogP contribution in [0, 0.1) is 11.3 Å². The second-order valence-corrected chi connectivity index (χ2v) is 2.97. The van der Waals surface area contributed by atoms with Crippen molar-refractivity contribution in [3.05, 3.63) is 34.9 Å². The largest absolute Gasteiger partial charge is 0.303 e. The molecule has 1 aromatic rings. The van der Waals surface area contributed by atoms with Crippen LogP contribution < -0.4 is 0 Å². The maximum atomic E-state index is 10.6. The van der Waals surface area contributed by atoms with Crippen molar-refractivity contribution < 1.29 is 9.59 Å². The van der Waals surface area contributed by atoms with Gasteiger partial charge in [0, 0.05) is 11.5 Å². The van der Waals surface area contributed by atoms with Crippen molar-refractivity contribution in [1.82, 2.24) is 0 Å². The van der Waals surface area contributed by atoms with E-state index in [1.165, 1.54) is 0 Å². The SMILES string of the molecule is CC(C=O)c1cccc(C=O)c1C#N. The van der Waals surface area contributed by atoms with E-state index in [4.69, 9.17) is 5.26 Å². The van der Waals surface area contributed by atoms with E-state index in [1.807, 2.05) is 6.07 Å². The fourth-order valence-electron chi connectivity index (χ4n) is 1.27. The Kier molecular flexibility index (Phi) is 3.14. The first kappa shape index (κ1) is 10.1. The highest BCUT2D eigenvalue weighted by Crippen LogP contribution is 2.19. The van der Waals surface area contributed by atoms with E-state index in [0.717, 1.165) is 6.29 Å². The average molecular weight is 187 g/mol. The molecule has 3 heteroatoms. The molecule has 0 radical (unpaired) electrons. The maximum absolute atomic E-state index is 10.6. The second-order valence-electron chi connectivity index (χ2n) is 2.97. The number of carbonyl (C=O) groups excluding carboxylic acids is 2. The van der Waals surface area contributed by atoms with Gasteiger partial charge in [0.1, 0.15) is 12.4 Å². The first-order valence-corrected chi connectivity index (χ1v) is 4.18. The molecule has 0 spiro atoms. The van der Waals surface area contributed by atoms with Crippen LogP contribution in [0.4, 0.5) is 0 Å². The predicted molar refractivity (Wildman–Crippen MR) is 51.0 cm³/mol.